The molecule has 122 valence electrons. The Morgan fingerprint density at radius 1 is 1.50 bits per heavy atom. The van der Waals surface area contributed by atoms with Crippen molar-refractivity contribution >= 4 is 5.69 Å². The second kappa shape index (κ2) is 5.70. The van der Waals surface area contributed by atoms with E-state index in [1.54, 1.807) is 12.1 Å². The third-order valence-electron chi connectivity index (χ3n) is 3.96. The maximum absolute atomic E-state index is 11.1. The molecular weight excluding hydrogens is 310 g/mol. The van der Waals surface area contributed by atoms with Crippen LogP contribution in [-0.4, -0.2) is 15.1 Å². The number of non-ortho nitro benzene ring substituents is 1. The van der Waals surface area contributed by atoms with Crippen molar-refractivity contribution in [3.8, 4) is 11.9 Å². The highest BCUT2D eigenvalue weighted by Gasteiger charge is 2.36. The van der Waals surface area contributed by atoms with Crippen LogP contribution in [0.3, 0.4) is 0 Å². The van der Waals surface area contributed by atoms with E-state index < -0.39 is 10.8 Å². The zero-order valence-electron chi connectivity index (χ0n) is 13.1. The lowest BCUT2D eigenvalue weighted by atomic mass is 9.82. The van der Waals surface area contributed by atoms with Gasteiger partial charge in [-0.3, -0.25) is 15.2 Å². The lowest BCUT2D eigenvalue weighted by Gasteiger charge is -2.24. The van der Waals surface area contributed by atoms with Crippen LogP contribution in [0.5, 0.6) is 5.88 Å². The predicted molar refractivity (Wildman–Crippen MR) is 85.1 cm³/mol. The second-order valence-corrected chi connectivity index (χ2v) is 5.79. The second-order valence-electron chi connectivity index (χ2n) is 5.79. The zero-order valence-corrected chi connectivity index (χ0v) is 13.1. The summed E-state index contributed by atoms with van der Waals surface area (Å²) in [7, 11) is 0. The predicted octanol–water partition coefficient (Wildman–Crippen LogP) is 2.66. The summed E-state index contributed by atoms with van der Waals surface area (Å²) in [5.74, 6) is -0.199. The Balaban J connectivity index is 2.25. The Morgan fingerprint density at radius 2 is 2.25 bits per heavy atom. The van der Waals surface area contributed by atoms with Crippen LogP contribution >= 0.6 is 0 Å². The highest BCUT2D eigenvalue weighted by atomic mass is 16.6. The quantitative estimate of drug-likeness (QED) is 0.658. The number of fused-ring (bicyclic) bond motifs is 1. The van der Waals surface area contributed by atoms with Crippen LogP contribution in [0.1, 0.15) is 42.5 Å². The minimum atomic E-state index is -0.560. The van der Waals surface area contributed by atoms with Crippen molar-refractivity contribution in [2.24, 2.45) is 5.73 Å². The van der Waals surface area contributed by atoms with Crippen LogP contribution in [0.25, 0.3) is 0 Å². The number of nitro groups is 1. The number of aromatic amines is 1. The Hall–Kier alpha value is -3.34. The van der Waals surface area contributed by atoms with Crippen LogP contribution in [-0.2, 0) is 0 Å². The molecule has 0 saturated carbocycles. The van der Waals surface area contributed by atoms with Crippen molar-refractivity contribution in [1.82, 2.24) is 10.2 Å². The van der Waals surface area contributed by atoms with Gasteiger partial charge in [-0.05, 0) is 11.5 Å². The molecule has 1 aliphatic heterocycles. The van der Waals surface area contributed by atoms with E-state index in [1.807, 2.05) is 13.8 Å². The van der Waals surface area contributed by atoms with Gasteiger partial charge in [-0.15, -0.1) is 5.10 Å². The molecule has 1 unspecified atom stereocenters. The first-order chi connectivity index (χ1) is 11.4. The molecule has 0 fully saturated rings. The molecule has 2 heterocycles. The molecule has 3 N–H and O–H groups in total. The molecule has 1 aromatic heterocycles. The van der Waals surface area contributed by atoms with Gasteiger partial charge >= 0.3 is 0 Å². The Labute approximate surface area is 137 Å². The Bertz CT molecular complexity index is 891. The minimum absolute atomic E-state index is 0.0386. The van der Waals surface area contributed by atoms with Crippen molar-refractivity contribution in [3.05, 3.63) is 62.7 Å². The molecule has 24 heavy (non-hydrogen) atoms. The van der Waals surface area contributed by atoms with Crippen LogP contribution < -0.4 is 10.5 Å². The van der Waals surface area contributed by atoms with E-state index in [0.717, 1.165) is 5.69 Å². The van der Waals surface area contributed by atoms with Crippen LogP contribution in [0.15, 0.2) is 35.7 Å². The largest absolute Gasteiger partial charge is 0.420 e. The lowest BCUT2D eigenvalue weighted by Crippen LogP contribution is -2.21. The van der Waals surface area contributed by atoms with Gasteiger partial charge in [0.2, 0.25) is 11.8 Å². The number of H-pyrrole nitrogens is 1. The smallest absolute Gasteiger partial charge is 0.269 e. The maximum atomic E-state index is 11.1. The number of aromatic nitrogens is 2. The number of nitriles is 1. The van der Waals surface area contributed by atoms with Gasteiger partial charge in [-0.1, -0.05) is 26.0 Å². The van der Waals surface area contributed by atoms with Crippen molar-refractivity contribution < 1.29 is 9.66 Å². The van der Waals surface area contributed by atoms with E-state index in [2.05, 4.69) is 16.3 Å². The fourth-order valence-electron chi connectivity index (χ4n) is 2.86. The number of nitro benzene ring substituents is 1. The first kappa shape index (κ1) is 15.6. The highest BCUT2D eigenvalue weighted by molar-refractivity contribution is 5.56. The third-order valence-corrected chi connectivity index (χ3v) is 3.96. The lowest BCUT2D eigenvalue weighted by molar-refractivity contribution is -0.384. The first-order valence-electron chi connectivity index (χ1n) is 7.34. The van der Waals surface area contributed by atoms with Crippen molar-refractivity contribution in [2.75, 3.05) is 0 Å². The van der Waals surface area contributed by atoms with Gasteiger partial charge < -0.3 is 10.5 Å². The average molecular weight is 325 g/mol. The van der Waals surface area contributed by atoms with E-state index >= 15 is 0 Å². The molecule has 1 aliphatic rings. The molecular formula is C16H15N5O3. The van der Waals surface area contributed by atoms with Crippen LogP contribution in [0.2, 0.25) is 0 Å². The fourth-order valence-corrected chi connectivity index (χ4v) is 2.86. The number of nitrogens with two attached hydrogens (primary N) is 1. The van der Waals surface area contributed by atoms with Crippen LogP contribution in [0.4, 0.5) is 5.69 Å². The van der Waals surface area contributed by atoms with Crippen molar-refractivity contribution in [1.29, 1.82) is 5.26 Å². The summed E-state index contributed by atoms with van der Waals surface area (Å²) in [5, 5.41) is 27.7. The van der Waals surface area contributed by atoms with Crippen molar-refractivity contribution in [2.45, 2.75) is 25.7 Å². The number of allylic oxidation sites excluding steroid dienone is 1. The van der Waals surface area contributed by atoms with E-state index in [0.29, 0.717) is 17.0 Å². The zero-order chi connectivity index (χ0) is 17.4. The molecule has 0 saturated heterocycles. The van der Waals surface area contributed by atoms with Gasteiger partial charge in [-0.2, -0.15) is 5.26 Å². The summed E-state index contributed by atoms with van der Waals surface area (Å²) in [6, 6.07) is 8.23. The molecule has 1 aromatic carbocycles. The molecule has 0 radical (unpaired) electrons. The Morgan fingerprint density at radius 3 is 2.88 bits per heavy atom. The van der Waals surface area contributed by atoms with E-state index in [1.165, 1.54) is 12.1 Å². The molecule has 0 amide bonds. The van der Waals surface area contributed by atoms with Gasteiger partial charge in [0, 0.05) is 17.8 Å². The van der Waals surface area contributed by atoms with Gasteiger partial charge in [0.05, 0.1) is 16.4 Å². The number of nitrogens with one attached hydrogen (secondary N) is 1. The molecule has 3 rings (SSSR count). The van der Waals surface area contributed by atoms with Gasteiger partial charge in [0.15, 0.2) is 0 Å². The van der Waals surface area contributed by atoms with E-state index in [4.69, 9.17) is 10.5 Å². The van der Waals surface area contributed by atoms with E-state index in [-0.39, 0.29) is 23.1 Å². The van der Waals surface area contributed by atoms with Gasteiger partial charge in [-0.25, -0.2) is 0 Å². The van der Waals surface area contributed by atoms with Gasteiger partial charge in [0.25, 0.3) is 5.69 Å². The summed E-state index contributed by atoms with van der Waals surface area (Å²) in [6.07, 6.45) is 0. The summed E-state index contributed by atoms with van der Waals surface area (Å²) in [5.41, 5.74) is 8.12. The molecule has 2 aromatic rings. The molecule has 0 aliphatic carbocycles. The summed E-state index contributed by atoms with van der Waals surface area (Å²) in [6.45, 7) is 3.96. The summed E-state index contributed by atoms with van der Waals surface area (Å²) in [4.78, 5) is 10.6. The average Bonchev–Trinajstić information content (AvgIpc) is 2.97. The third kappa shape index (κ3) is 2.36. The number of benzene rings is 1. The molecule has 8 heteroatoms. The topological polar surface area (TPSA) is 131 Å². The summed E-state index contributed by atoms with van der Waals surface area (Å²) < 4.78 is 5.45. The summed E-state index contributed by atoms with van der Waals surface area (Å²) >= 11 is 0. The molecule has 8 nitrogen and oxygen atoms in total. The van der Waals surface area contributed by atoms with Crippen LogP contribution in [0, 0.1) is 21.4 Å². The molecule has 1 atom stereocenters. The van der Waals surface area contributed by atoms with E-state index in [9.17, 15) is 15.4 Å². The molecule has 0 bridgehead atoms. The number of hydrogen-bond acceptors (Lipinski definition) is 6. The number of rotatable bonds is 3. The van der Waals surface area contributed by atoms with Gasteiger partial charge in [0.1, 0.15) is 11.6 Å². The molecule has 0 spiro atoms. The maximum Gasteiger partial charge on any atom is 0.269 e. The number of nitrogens with zero attached hydrogens (tertiary/aromatic N) is 3. The number of hydrogen-bond donors (Lipinski definition) is 2. The normalized spacial score (nSPS) is 16.5. The monoisotopic (exact) mass is 325 g/mol. The number of ether oxygens (including phenoxy) is 1. The van der Waals surface area contributed by atoms with Crippen molar-refractivity contribution in [3.63, 3.8) is 0 Å². The minimum Gasteiger partial charge on any atom is -0.420 e. The fraction of sp³-hybridized carbons (Fsp3) is 0.250. The first-order valence-corrected chi connectivity index (χ1v) is 7.34. The standard InChI is InChI=1S/C16H15N5O3/c1-8(2)14-13-12(9-4-3-5-10(6-9)21(22)23)11(7-17)15(18)24-16(13)20-19-14/h3-6,8,12H,18H2,1-2H3,(H,19,20). The highest BCUT2D eigenvalue weighted by Crippen LogP contribution is 2.44. The Kier molecular flexibility index (Phi) is 3.69. The SMILES string of the molecule is CC(C)c1[nH]nc2c1C(c1cccc([N+](=O)[O-])c1)C(C#N)=C(N)O2.